The van der Waals surface area contributed by atoms with E-state index in [-0.39, 0.29) is 12.4 Å². The molecule has 4 rings (SSSR count). The van der Waals surface area contributed by atoms with Crippen molar-refractivity contribution in [3.8, 4) is 11.5 Å². The lowest BCUT2D eigenvalue weighted by atomic mass is 10.1. The number of benzene rings is 1. The second kappa shape index (κ2) is 7.54. The van der Waals surface area contributed by atoms with Gasteiger partial charge in [-0.15, -0.1) is 0 Å². The van der Waals surface area contributed by atoms with Crippen LogP contribution in [0, 0.1) is 12.8 Å². The molecule has 148 valence electrons. The Balaban J connectivity index is 1.79. The van der Waals surface area contributed by atoms with Crippen molar-refractivity contribution in [2.75, 3.05) is 13.0 Å². The normalized spacial score (nSPS) is 13.0. The molecule has 0 unspecified atom stereocenters. The van der Waals surface area contributed by atoms with Gasteiger partial charge in [0.15, 0.2) is 16.7 Å². The van der Waals surface area contributed by atoms with E-state index in [1.165, 1.54) is 11.8 Å². The third kappa shape index (κ3) is 3.39. The monoisotopic (exact) mass is 399 g/mol. The molecule has 6 nitrogen and oxygen atoms in total. The maximum Gasteiger partial charge on any atom is 0.278 e. The molecule has 0 amide bonds. The highest BCUT2D eigenvalue weighted by Crippen LogP contribution is 2.33. The first kappa shape index (κ1) is 18.9. The van der Waals surface area contributed by atoms with E-state index in [1.54, 1.807) is 0 Å². The Morgan fingerprint density at radius 2 is 1.96 bits per heavy atom. The van der Waals surface area contributed by atoms with E-state index < -0.39 is 0 Å². The first-order chi connectivity index (χ1) is 13.5. The Morgan fingerprint density at radius 1 is 1.18 bits per heavy atom. The van der Waals surface area contributed by atoms with E-state index in [0.29, 0.717) is 24.5 Å². The molecule has 28 heavy (non-hydrogen) atoms. The molecule has 0 saturated carbocycles. The van der Waals surface area contributed by atoms with Crippen LogP contribution in [0.5, 0.6) is 11.5 Å². The number of fused-ring (bicyclic) bond motifs is 2. The highest BCUT2D eigenvalue weighted by atomic mass is 32.2. The van der Waals surface area contributed by atoms with Crippen LogP contribution in [-0.2, 0) is 13.1 Å². The number of rotatable bonds is 6. The van der Waals surface area contributed by atoms with Crippen LogP contribution in [0.3, 0.4) is 0 Å². The summed E-state index contributed by atoms with van der Waals surface area (Å²) in [6.45, 7) is 7.89. The zero-order valence-corrected chi connectivity index (χ0v) is 17.5. The Kier molecular flexibility index (Phi) is 5.10. The second-order valence-electron chi connectivity index (χ2n) is 7.53. The average Bonchev–Trinajstić information content (AvgIpc) is 3.24. The quantitative estimate of drug-likeness (QED) is 0.462. The zero-order valence-electron chi connectivity index (χ0n) is 16.7. The van der Waals surface area contributed by atoms with Gasteiger partial charge in [-0.1, -0.05) is 31.7 Å². The highest BCUT2D eigenvalue weighted by Gasteiger charge is 2.18. The molecule has 0 fully saturated rings. The van der Waals surface area contributed by atoms with Crippen LogP contribution in [0.2, 0.25) is 0 Å². The van der Waals surface area contributed by atoms with Gasteiger partial charge in [-0.3, -0.25) is 9.36 Å². The molecule has 0 aliphatic carbocycles. The van der Waals surface area contributed by atoms with Gasteiger partial charge < -0.3 is 14.0 Å². The Labute approximate surface area is 168 Å². The van der Waals surface area contributed by atoms with Crippen molar-refractivity contribution in [1.82, 2.24) is 14.1 Å². The van der Waals surface area contributed by atoms with Gasteiger partial charge in [0.2, 0.25) is 6.79 Å². The molecular formula is C21H25N3O3S. The molecule has 7 heteroatoms. The van der Waals surface area contributed by atoms with E-state index in [1.807, 2.05) is 42.0 Å². The van der Waals surface area contributed by atoms with Gasteiger partial charge in [0, 0.05) is 18.8 Å². The fourth-order valence-electron chi connectivity index (χ4n) is 3.51. The van der Waals surface area contributed by atoms with Gasteiger partial charge in [0.05, 0.1) is 5.52 Å². The van der Waals surface area contributed by atoms with Gasteiger partial charge >= 0.3 is 0 Å². The van der Waals surface area contributed by atoms with Crippen molar-refractivity contribution in [2.45, 2.75) is 45.4 Å². The molecule has 0 N–H and O–H groups in total. The van der Waals surface area contributed by atoms with Gasteiger partial charge in [-0.25, -0.2) is 4.98 Å². The van der Waals surface area contributed by atoms with Gasteiger partial charge in [0.25, 0.3) is 5.56 Å². The van der Waals surface area contributed by atoms with Gasteiger partial charge in [-0.2, -0.15) is 0 Å². The molecule has 0 radical (unpaired) electrons. The van der Waals surface area contributed by atoms with Crippen LogP contribution in [0.4, 0.5) is 0 Å². The molecule has 1 aliphatic rings. The topological polar surface area (TPSA) is 58.3 Å². The standard InChI is InChI=1S/C21H25N3O3S/c1-13(2)7-8-23-20(25)19-16(22-21(23)28-4)9-14(3)24(19)11-15-5-6-17-18(10-15)27-12-26-17/h5-6,9-10,13H,7-8,11-12H2,1-4H3. The van der Waals surface area contributed by atoms with Crippen molar-refractivity contribution in [1.29, 1.82) is 0 Å². The smallest absolute Gasteiger partial charge is 0.278 e. The van der Waals surface area contributed by atoms with Crippen LogP contribution in [0.25, 0.3) is 11.0 Å². The molecular weight excluding hydrogens is 374 g/mol. The number of hydrogen-bond donors (Lipinski definition) is 0. The fourth-order valence-corrected chi connectivity index (χ4v) is 4.10. The largest absolute Gasteiger partial charge is 0.454 e. The molecule has 0 spiro atoms. The van der Waals surface area contributed by atoms with Crippen molar-refractivity contribution in [3.05, 3.63) is 45.9 Å². The lowest BCUT2D eigenvalue weighted by Crippen LogP contribution is -2.25. The third-order valence-corrected chi connectivity index (χ3v) is 5.75. The van der Waals surface area contributed by atoms with E-state index in [2.05, 4.69) is 18.4 Å². The van der Waals surface area contributed by atoms with Crippen molar-refractivity contribution in [3.63, 3.8) is 0 Å². The summed E-state index contributed by atoms with van der Waals surface area (Å²) in [5.74, 6) is 2.04. The number of aromatic nitrogens is 3. The lowest BCUT2D eigenvalue weighted by molar-refractivity contribution is 0.174. The van der Waals surface area contributed by atoms with Crippen LogP contribution in [0.15, 0.2) is 34.2 Å². The zero-order chi connectivity index (χ0) is 19.8. The van der Waals surface area contributed by atoms with Crippen molar-refractivity contribution >= 4 is 22.8 Å². The van der Waals surface area contributed by atoms with Crippen LogP contribution >= 0.6 is 11.8 Å². The molecule has 3 aromatic rings. The van der Waals surface area contributed by atoms with E-state index in [0.717, 1.165) is 39.9 Å². The first-order valence-corrected chi connectivity index (χ1v) is 10.7. The van der Waals surface area contributed by atoms with Crippen molar-refractivity contribution < 1.29 is 9.47 Å². The maximum absolute atomic E-state index is 13.4. The average molecular weight is 400 g/mol. The molecule has 2 aromatic heterocycles. The summed E-state index contributed by atoms with van der Waals surface area (Å²) in [4.78, 5) is 18.2. The molecule has 1 aromatic carbocycles. The number of aryl methyl sites for hydroxylation is 1. The summed E-state index contributed by atoms with van der Waals surface area (Å²) in [6, 6.07) is 7.91. The minimum absolute atomic E-state index is 0.0313. The number of hydrogen-bond acceptors (Lipinski definition) is 5. The van der Waals surface area contributed by atoms with E-state index in [9.17, 15) is 4.79 Å². The van der Waals surface area contributed by atoms with E-state index in [4.69, 9.17) is 14.5 Å². The van der Waals surface area contributed by atoms with E-state index >= 15 is 0 Å². The van der Waals surface area contributed by atoms with Crippen LogP contribution in [-0.4, -0.2) is 27.2 Å². The number of ether oxygens (including phenoxy) is 2. The predicted molar refractivity (Wildman–Crippen MR) is 112 cm³/mol. The van der Waals surface area contributed by atoms with Gasteiger partial charge in [-0.05, 0) is 49.3 Å². The van der Waals surface area contributed by atoms with Crippen LogP contribution < -0.4 is 15.0 Å². The van der Waals surface area contributed by atoms with Gasteiger partial charge in [0.1, 0.15) is 5.52 Å². The summed E-state index contributed by atoms with van der Waals surface area (Å²) in [5, 5.41) is 0.776. The summed E-state index contributed by atoms with van der Waals surface area (Å²) in [6.07, 6.45) is 2.92. The van der Waals surface area contributed by atoms with Crippen molar-refractivity contribution in [2.24, 2.45) is 5.92 Å². The number of nitrogens with zero attached hydrogens (tertiary/aromatic N) is 3. The molecule has 1 aliphatic heterocycles. The second-order valence-corrected chi connectivity index (χ2v) is 8.30. The highest BCUT2D eigenvalue weighted by molar-refractivity contribution is 7.98. The summed E-state index contributed by atoms with van der Waals surface area (Å²) in [7, 11) is 0. The molecule has 0 bridgehead atoms. The summed E-state index contributed by atoms with van der Waals surface area (Å²) < 4.78 is 14.8. The number of thioether (sulfide) groups is 1. The molecule has 0 atom stereocenters. The first-order valence-electron chi connectivity index (χ1n) is 9.51. The molecule has 0 saturated heterocycles. The minimum atomic E-state index is 0.0313. The third-order valence-electron chi connectivity index (χ3n) is 5.07. The molecule has 3 heterocycles. The Morgan fingerprint density at radius 3 is 2.71 bits per heavy atom. The Hall–Kier alpha value is -2.41. The predicted octanol–water partition coefficient (Wildman–Crippen LogP) is 4.05. The lowest BCUT2D eigenvalue weighted by Gasteiger charge is -2.14. The minimum Gasteiger partial charge on any atom is -0.454 e. The van der Waals surface area contributed by atoms with Crippen LogP contribution in [0.1, 0.15) is 31.5 Å². The SMILES string of the molecule is CSc1nc2cc(C)n(Cc3ccc4c(c3)OCO4)c2c(=O)n1CCC(C)C. The summed E-state index contributed by atoms with van der Waals surface area (Å²) >= 11 is 1.52. The Bertz CT molecular complexity index is 1080. The summed E-state index contributed by atoms with van der Waals surface area (Å²) in [5.41, 5.74) is 3.53. The fraction of sp³-hybridized carbons (Fsp3) is 0.429. The maximum atomic E-state index is 13.4.